The molecule has 0 heterocycles. The molecule has 0 aromatic heterocycles. The molecule has 0 aliphatic heterocycles. The third-order valence-corrected chi connectivity index (χ3v) is 2.87. The summed E-state index contributed by atoms with van der Waals surface area (Å²) in [5, 5.41) is 0. The van der Waals surface area contributed by atoms with Gasteiger partial charge in [-0.2, -0.15) is 0 Å². The van der Waals surface area contributed by atoms with E-state index in [1.165, 1.54) is 24.0 Å². The zero-order valence-electron chi connectivity index (χ0n) is 11.6. The van der Waals surface area contributed by atoms with Crippen LogP contribution >= 0.6 is 0 Å². The van der Waals surface area contributed by atoms with Crippen LogP contribution in [0.2, 0.25) is 0 Å². The number of hydrogen-bond donors (Lipinski definition) is 2. The van der Waals surface area contributed by atoms with Crippen LogP contribution in [0.5, 0.6) is 0 Å². The molecule has 102 valence electrons. The molecule has 0 aromatic carbocycles. The number of methoxy groups -OCH3 is 1. The van der Waals surface area contributed by atoms with E-state index in [1.54, 1.807) is 7.11 Å². The average Bonchev–Trinajstić information content (AvgIpc) is 3.10. The van der Waals surface area contributed by atoms with E-state index in [-0.39, 0.29) is 6.17 Å². The lowest BCUT2D eigenvalue weighted by Crippen LogP contribution is -2.41. The van der Waals surface area contributed by atoms with Gasteiger partial charge < -0.3 is 16.2 Å². The minimum Gasteiger partial charge on any atom is -0.497 e. The maximum absolute atomic E-state index is 5.53. The fourth-order valence-corrected chi connectivity index (χ4v) is 1.73. The van der Waals surface area contributed by atoms with Gasteiger partial charge in [-0.1, -0.05) is 11.6 Å². The number of allylic oxidation sites excluding steroid dienone is 4. The molecular formula is C14H25N3O. The van der Waals surface area contributed by atoms with E-state index < -0.39 is 0 Å². The van der Waals surface area contributed by atoms with Gasteiger partial charge >= 0.3 is 0 Å². The van der Waals surface area contributed by atoms with Crippen molar-refractivity contribution in [2.75, 3.05) is 27.2 Å². The van der Waals surface area contributed by atoms with Crippen molar-refractivity contribution in [1.82, 2.24) is 4.90 Å². The van der Waals surface area contributed by atoms with Crippen LogP contribution in [0.1, 0.15) is 19.8 Å². The van der Waals surface area contributed by atoms with E-state index in [9.17, 15) is 0 Å². The summed E-state index contributed by atoms with van der Waals surface area (Å²) in [7, 11) is 3.69. The van der Waals surface area contributed by atoms with E-state index in [1.807, 2.05) is 13.1 Å². The fourth-order valence-electron chi connectivity index (χ4n) is 1.73. The average molecular weight is 251 g/mol. The van der Waals surface area contributed by atoms with Crippen molar-refractivity contribution < 1.29 is 4.74 Å². The first-order valence-electron chi connectivity index (χ1n) is 6.33. The number of rotatable bonds is 7. The molecule has 0 amide bonds. The van der Waals surface area contributed by atoms with Crippen molar-refractivity contribution in [3.63, 3.8) is 0 Å². The summed E-state index contributed by atoms with van der Waals surface area (Å²) >= 11 is 0. The van der Waals surface area contributed by atoms with Gasteiger partial charge in [-0.3, -0.25) is 4.90 Å². The quantitative estimate of drug-likeness (QED) is 0.407. The molecule has 1 fully saturated rings. The van der Waals surface area contributed by atoms with Gasteiger partial charge in [0.25, 0.3) is 0 Å². The summed E-state index contributed by atoms with van der Waals surface area (Å²) < 4.78 is 5.33. The number of nitrogens with zero attached hydrogens (tertiary/aromatic N) is 1. The second kappa shape index (κ2) is 7.36. The molecule has 0 spiro atoms. The van der Waals surface area contributed by atoms with E-state index in [0.717, 1.165) is 12.3 Å². The number of likely N-dealkylation sites (N-methyl/N-ethyl adjacent to an activating group) is 1. The van der Waals surface area contributed by atoms with Gasteiger partial charge in [0.05, 0.1) is 13.3 Å². The highest BCUT2D eigenvalue weighted by Gasteiger charge is 2.13. The largest absolute Gasteiger partial charge is 0.497 e. The first-order valence-corrected chi connectivity index (χ1v) is 6.33. The zero-order chi connectivity index (χ0) is 13.5. The zero-order valence-corrected chi connectivity index (χ0v) is 11.6. The van der Waals surface area contributed by atoms with E-state index in [0.29, 0.717) is 6.54 Å². The Hall–Kier alpha value is -1.10. The maximum Gasteiger partial charge on any atom is 0.118 e. The smallest absolute Gasteiger partial charge is 0.118 e. The van der Waals surface area contributed by atoms with Crippen LogP contribution < -0.4 is 11.5 Å². The Bertz CT molecular complexity index is 350. The van der Waals surface area contributed by atoms with Crippen molar-refractivity contribution >= 4 is 0 Å². The second-order valence-electron chi connectivity index (χ2n) is 4.82. The van der Waals surface area contributed by atoms with Crippen LogP contribution in [0.4, 0.5) is 0 Å². The normalized spacial score (nSPS) is 15.9. The van der Waals surface area contributed by atoms with Crippen LogP contribution in [0, 0.1) is 0 Å². The summed E-state index contributed by atoms with van der Waals surface area (Å²) in [4.78, 5) is 2.07. The van der Waals surface area contributed by atoms with Crippen molar-refractivity contribution in [3.8, 4) is 0 Å². The van der Waals surface area contributed by atoms with Gasteiger partial charge in [-0.05, 0) is 44.5 Å². The van der Waals surface area contributed by atoms with Gasteiger partial charge in [-0.25, -0.2) is 0 Å². The highest BCUT2D eigenvalue weighted by atomic mass is 16.5. The van der Waals surface area contributed by atoms with Crippen molar-refractivity contribution in [2.45, 2.75) is 25.9 Å². The van der Waals surface area contributed by atoms with Crippen LogP contribution in [0.3, 0.4) is 0 Å². The molecule has 0 aromatic rings. The number of hydrogen-bond acceptors (Lipinski definition) is 4. The van der Waals surface area contributed by atoms with Crippen LogP contribution in [0.25, 0.3) is 0 Å². The molecule has 4 N–H and O–H groups in total. The first kappa shape index (κ1) is 15.0. The third-order valence-electron chi connectivity index (χ3n) is 2.87. The Labute approximate surface area is 110 Å². The SMILES string of the molecule is COC(=C\C(C)=C1CC1)/C=C/CN(C)CC(N)N. The van der Waals surface area contributed by atoms with Crippen molar-refractivity contribution in [2.24, 2.45) is 11.5 Å². The van der Waals surface area contributed by atoms with E-state index in [4.69, 9.17) is 16.2 Å². The minimum atomic E-state index is -0.289. The summed E-state index contributed by atoms with van der Waals surface area (Å²) in [6, 6.07) is 0. The van der Waals surface area contributed by atoms with E-state index in [2.05, 4.69) is 24.0 Å². The maximum atomic E-state index is 5.53. The molecule has 1 aliphatic carbocycles. The Balaban J connectivity index is 2.45. The molecule has 1 rings (SSSR count). The highest BCUT2D eigenvalue weighted by molar-refractivity contribution is 5.34. The van der Waals surface area contributed by atoms with Gasteiger partial charge in [0, 0.05) is 13.1 Å². The summed E-state index contributed by atoms with van der Waals surface area (Å²) in [5.41, 5.74) is 13.9. The van der Waals surface area contributed by atoms with Crippen molar-refractivity contribution in [1.29, 1.82) is 0 Å². The highest BCUT2D eigenvalue weighted by Crippen LogP contribution is 2.32. The molecule has 1 aliphatic rings. The molecule has 4 heteroatoms. The molecule has 0 unspecified atom stereocenters. The molecule has 18 heavy (non-hydrogen) atoms. The Morgan fingerprint density at radius 1 is 1.44 bits per heavy atom. The van der Waals surface area contributed by atoms with Crippen molar-refractivity contribution in [3.05, 3.63) is 35.1 Å². The third kappa shape index (κ3) is 6.00. The van der Waals surface area contributed by atoms with Gasteiger partial charge in [0.15, 0.2) is 0 Å². The molecule has 1 saturated carbocycles. The van der Waals surface area contributed by atoms with Crippen LogP contribution in [-0.4, -0.2) is 38.3 Å². The number of ether oxygens (including phenoxy) is 1. The first-order chi connectivity index (χ1) is 8.52. The standard InChI is InChI=1S/C14H25N3O/c1-11(12-6-7-12)9-13(18-3)5-4-8-17(2)10-14(15)16/h4-5,9,14H,6-8,10,15-16H2,1-3H3/b5-4+,13-9-. The lowest BCUT2D eigenvalue weighted by atomic mass is 10.2. The van der Waals surface area contributed by atoms with E-state index >= 15 is 0 Å². The summed E-state index contributed by atoms with van der Waals surface area (Å²) in [6.45, 7) is 3.62. The number of nitrogens with two attached hydrogens (primary N) is 2. The summed E-state index contributed by atoms with van der Waals surface area (Å²) in [6.07, 6.45) is 8.32. The van der Waals surface area contributed by atoms with Gasteiger partial charge in [-0.15, -0.1) is 0 Å². The van der Waals surface area contributed by atoms with Gasteiger partial charge in [0.1, 0.15) is 5.76 Å². The Morgan fingerprint density at radius 3 is 2.61 bits per heavy atom. The molecule has 0 bridgehead atoms. The lowest BCUT2D eigenvalue weighted by molar-refractivity contribution is 0.305. The monoisotopic (exact) mass is 251 g/mol. The molecule has 0 atom stereocenters. The Kier molecular flexibility index (Phi) is 6.12. The molecular weight excluding hydrogens is 226 g/mol. The van der Waals surface area contributed by atoms with Crippen LogP contribution in [0.15, 0.2) is 35.1 Å². The summed E-state index contributed by atoms with van der Waals surface area (Å²) in [5.74, 6) is 0.886. The predicted octanol–water partition coefficient (Wildman–Crippen LogP) is 1.36. The van der Waals surface area contributed by atoms with Crippen LogP contribution in [-0.2, 0) is 4.74 Å². The van der Waals surface area contributed by atoms with Gasteiger partial charge in [0.2, 0.25) is 0 Å². The topological polar surface area (TPSA) is 64.5 Å². The molecule has 0 saturated heterocycles. The fraction of sp³-hybridized carbons (Fsp3) is 0.571. The minimum absolute atomic E-state index is 0.289. The lowest BCUT2D eigenvalue weighted by Gasteiger charge is -2.16. The Morgan fingerprint density at radius 2 is 2.11 bits per heavy atom. The molecule has 0 radical (unpaired) electrons. The predicted molar refractivity (Wildman–Crippen MR) is 75.8 cm³/mol. The second-order valence-corrected chi connectivity index (χ2v) is 4.82. The molecule has 4 nitrogen and oxygen atoms in total.